The monoisotopic (exact) mass is 637 g/mol. The number of fused-ring (bicyclic) bond motifs is 8. The molecule has 0 aliphatic rings. The summed E-state index contributed by atoms with van der Waals surface area (Å²) in [6.07, 6.45) is 0. The van der Waals surface area contributed by atoms with Gasteiger partial charge in [0.05, 0.1) is 11.4 Å². The number of rotatable bonds is 5. The fourth-order valence-corrected chi connectivity index (χ4v) is 7.74. The van der Waals surface area contributed by atoms with Crippen molar-refractivity contribution in [3.05, 3.63) is 188 Å². The topological polar surface area (TPSA) is 16.4 Å². The fraction of sp³-hybridized carbons (Fsp3) is 0. The van der Waals surface area contributed by atoms with Crippen molar-refractivity contribution < 1.29 is 4.42 Å². The predicted octanol–water partition coefficient (Wildman–Crippen LogP) is 13.8. The molecule has 1 aromatic heterocycles. The van der Waals surface area contributed by atoms with Crippen LogP contribution in [0.3, 0.4) is 0 Å². The van der Waals surface area contributed by atoms with Gasteiger partial charge in [-0.1, -0.05) is 158 Å². The van der Waals surface area contributed by atoms with Gasteiger partial charge in [-0.15, -0.1) is 0 Å². The lowest BCUT2D eigenvalue weighted by Crippen LogP contribution is -2.12. The van der Waals surface area contributed by atoms with Gasteiger partial charge in [-0.25, -0.2) is 0 Å². The molecular formula is C48H31NO. The van der Waals surface area contributed by atoms with E-state index in [1.54, 1.807) is 0 Å². The highest BCUT2D eigenvalue weighted by Crippen LogP contribution is 2.46. The molecule has 0 N–H and O–H groups in total. The third kappa shape index (κ3) is 4.50. The molecule has 0 amide bonds. The van der Waals surface area contributed by atoms with Gasteiger partial charge in [0.1, 0.15) is 11.2 Å². The van der Waals surface area contributed by atoms with E-state index < -0.39 is 0 Å². The lowest BCUT2D eigenvalue weighted by molar-refractivity contribution is 0.670. The fourth-order valence-electron chi connectivity index (χ4n) is 7.74. The first kappa shape index (κ1) is 28.4. The van der Waals surface area contributed by atoms with Gasteiger partial charge in [0.2, 0.25) is 0 Å². The summed E-state index contributed by atoms with van der Waals surface area (Å²) in [6, 6.07) is 67.4. The van der Waals surface area contributed by atoms with Crippen molar-refractivity contribution in [3.8, 4) is 22.3 Å². The van der Waals surface area contributed by atoms with Crippen LogP contribution in [0.1, 0.15) is 0 Å². The normalized spacial score (nSPS) is 11.6. The molecule has 0 radical (unpaired) electrons. The summed E-state index contributed by atoms with van der Waals surface area (Å²) >= 11 is 0. The van der Waals surface area contributed by atoms with Crippen LogP contribution in [0.2, 0.25) is 0 Å². The van der Waals surface area contributed by atoms with E-state index in [0.29, 0.717) is 0 Å². The maximum Gasteiger partial charge on any atom is 0.143 e. The van der Waals surface area contributed by atoms with Crippen molar-refractivity contribution in [2.75, 3.05) is 4.90 Å². The van der Waals surface area contributed by atoms with Crippen LogP contribution in [0.15, 0.2) is 192 Å². The number of para-hydroxylation sites is 2. The minimum Gasteiger partial charge on any atom is -0.455 e. The van der Waals surface area contributed by atoms with Crippen molar-refractivity contribution in [3.63, 3.8) is 0 Å². The number of hydrogen-bond donors (Lipinski definition) is 0. The molecule has 2 heteroatoms. The van der Waals surface area contributed by atoms with E-state index in [4.69, 9.17) is 4.42 Å². The molecule has 0 bridgehead atoms. The molecule has 0 atom stereocenters. The Morgan fingerprint density at radius 1 is 0.360 bits per heavy atom. The average molecular weight is 638 g/mol. The lowest BCUT2D eigenvalue weighted by atomic mass is 9.97. The molecule has 0 saturated carbocycles. The number of benzene rings is 9. The van der Waals surface area contributed by atoms with Gasteiger partial charge in [0, 0.05) is 33.0 Å². The molecule has 0 aliphatic carbocycles. The zero-order valence-electron chi connectivity index (χ0n) is 27.3. The Morgan fingerprint density at radius 3 is 1.82 bits per heavy atom. The summed E-state index contributed by atoms with van der Waals surface area (Å²) in [5, 5.41) is 9.65. The first-order valence-electron chi connectivity index (χ1n) is 17.1. The van der Waals surface area contributed by atoms with Crippen molar-refractivity contribution in [2.24, 2.45) is 0 Å². The maximum atomic E-state index is 6.61. The molecule has 10 aromatic rings. The van der Waals surface area contributed by atoms with E-state index in [-0.39, 0.29) is 0 Å². The molecule has 0 saturated heterocycles. The van der Waals surface area contributed by atoms with E-state index in [9.17, 15) is 0 Å². The van der Waals surface area contributed by atoms with Gasteiger partial charge in [-0.05, 0) is 68.4 Å². The second kappa shape index (κ2) is 11.5. The summed E-state index contributed by atoms with van der Waals surface area (Å²) in [4.78, 5) is 2.43. The molecule has 2 nitrogen and oxygen atoms in total. The van der Waals surface area contributed by atoms with Gasteiger partial charge < -0.3 is 9.32 Å². The third-order valence-electron chi connectivity index (χ3n) is 10.0. The minimum absolute atomic E-state index is 0.912. The molecule has 1 heterocycles. The van der Waals surface area contributed by atoms with Crippen LogP contribution in [0.25, 0.3) is 76.5 Å². The Bertz CT molecular complexity index is 2870. The zero-order chi connectivity index (χ0) is 33.0. The van der Waals surface area contributed by atoms with Crippen LogP contribution in [0, 0.1) is 0 Å². The van der Waals surface area contributed by atoms with E-state index in [2.05, 4.69) is 193 Å². The smallest absolute Gasteiger partial charge is 0.143 e. The highest BCUT2D eigenvalue weighted by Gasteiger charge is 2.21. The molecule has 234 valence electrons. The predicted molar refractivity (Wildman–Crippen MR) is 212 cm³/mol. The molecule has 9 aromatic carbocycles. The minimum atomic E-state index is 0.912. The van der Waals surface area contributed by atoms with Crippen molar-refractivity contribution >= 4 is 71.3 Å². The standard InChI is InChI=1S/C48H31NO/c1-2-13-32(14-3-1)38-18-10-11-24-44(38)49(45-31-35-16-5-6-17-37(35)41-20-8-9-21-42(41)45)36-28-25-34(26-29-36)40-22-12-23-43-47-39-19-7-4-15-33(39)27-30-46(47)50-48(40)43/h1-31H. The molecule has 0 fully saturated rings. The van der Waals surface area contributed by atoms with E-state index in [1.165, 1.54) is 48.8 Å². The van der Waals surface area contributed by atoms with Crippen LogP contribution in [-0.2, 0) is 0 Å². The number of anilines is 3. The quantitative estimate of drug-likeness (QED) is 0.175. The van der Waals surface area contributed by atoms with Gasteiger partial charge in [0.25, 0.3) is 0 Å². The first-order valence-corrected chi connectivity index (χ1v) is 17.1. The average Bonchev–Trinajstić information content (AvgIpc) is 3.59. The van der Waals surface area contributed by atoms with Gasteiger partial charge in [-0.3, -0.25) is 0 Å². The third-order valence-corrected chi connectivity index (χ3v) is 10.0. The van der Waals surface area contributed by atoms with Crippen LogP contribution in [0.4, 0.5) is 17.1 Å². The summed E-state index contributed by atoms with van der Waals surface area (Å²) in [6.45, 7) is 0. The number of hydrogen-bond acceptors (Lipinski definition) is 2. The van der Waals surface area contributed by atoms with Crippen LogP contribution >= 0.6 is 0 Å². The molecule has 0 aliphatic heterocycles. The zero-order valence-corrected chi connectivity index (χ0v) is 27.3. The SMILES string of the molecule is c1ccc(-c2ccccc2N(c2ccc(-c3cccc4c3oc3ccc5ccccc5c34)cc2)c2cc3ccccc3c3ccccc23)cc1. The molecule has 0 spiro atoms. The maximum absolute atomic E-state index is 6.61. The lowest BCUT2D eigenvalue weighted by Gasteiger charge is -2.29. The number of furan rings is 1. The van der Waals surface area contributed by atoms with Gasteiger partial charge >= 0.3 is 0 Å². The summed E-state index contributed by atoms with van der Waals surface area (Å²) in [5.41, 5.74) is 9.73. The number of nitrogens with zero attached hydrogens (tertiary/aromatic N) is 1. The summed E-state index contributed by atoms with van der Waals surface area (Å²) < 4.78 is 6.61. The van der Waals surface area contributed by atoms with Crippen molar-refractivity contribution in [1.82, 2.24) is 0 Å². The van der Waals surface area contributed by atoms with Crippen LogP contribution in [0.5, 0.6) is 0 Å². The van der Waals surface area contributed by atoms with Gasteiger partial charge in [0.15, 0.2) is 0 Å². The Kier molecular flexibility index (Phi) is 6.53. The summed E-state index contributed by atoms with van der Waals surface area (Å²) in [7, 11) is 0. The Balaban J connectivity index is 1.19. The van der Waals surface area contributed by atoms with Crippen molar-refractivity contribution in [1.29, 1.82) is 0 Å². The molecule has 0 unspecified atom stereocenters. The van der Waals surface area contributed by atoms with Crippen molar-refractivity contribution in [2.45, 2.75) is 0 Å². The summed E-state index contributed by atoms with van der Waals surface area (Å²) in [5.74, 6) is 0. The Morgan fingerprint density at radius 2 is 0.980 bits per heavy atom. The Hall–Kier alpha value is -6.64. The Labute approximate surface area is 290 Å². The molecule has 10 rings (SSSR count). The second-order valence-electron chi connectivity index (χ2n) is 12.9. The van der Waals surface area contributed by atoms with Gasteiger partial charge in [-0.2, -0.15) is 0 Å². The molecular weight excluding hydrogens is 607 g/mol. The highest BCUT2D eigenvalue weighted by atomic mass is 16.3. The molecule has 50 heavy (non-hydrogen) atoms. The van der Waals surface area contributed by atoms with Crippen LogP contribution in [-0.4, -0.2) is 0 Å². The second-order valence-corrected chi connectivity index (χ2v) is 12.9. The van der Waals surface area contributed by atoms with E-state index in [0.717, 1.165) is 44.7 Å². The van der Waals surface area contributed by atoms with E-state index in [1.807, 2.05) is 0 Å². The van der Waals surface area contributed by atoms with Crippen LogP contribution < -0.4 is 4.90 Å². The first-order chi connectivity index (χ1) is 24.8. The van der Waals surface area contributed by atoms with E-state index >= 15 is 0 Å². The highest BCUT2D eigenvalue weighted by molar-refractivity contribution is 6.21. The largest absolute Gasteiger partial charge is 0.455 e.